The largest absolute Gasteiger partial charge is 0.272 e. The van der Waals surface area contributed by atoms with Gasteiger partial charge in [-0.1, -0.05) is 50.8 Å². The number of hydrogen-bond acceptors (Lipinski definition) is 2. The lowest BCUT2D eigenvalue weighted by molar-refractivity contribution is -0.385. The van der Waals surface area contributed by atoms with Crippen molar-refractivity contribution in [3.63, 3.8) is 0 Å². The molecule has 0 amide bonds. The number of nitro groups is 1. The molecule has 3 heteroatoms. The third-order valence-corrected chi connectivity index (χ3v) is 2.74. The zero-order valence-electron chi connectivity index (χ0n) is 9.82. The fourth-order valence-corrected chi connectivity index (χ4v) is 1.82. The number of aryl methyl sites for hydroxylation is 1. The highest BCUT2D eigenvalue weighted by Crippen LogP contribution is 2.20. The first-order valence-corrected chi connectivity index (χ1v) is 5.98. The highest BCUT2D eigenvalue weighted by atomic mass is 16.6. The minimum Gasteiger partial charge on any atom is -0.258 e. The van der Waals surface area contributed by atoms with Gasteiger partial charge in [-0.15, -0.1) is 0 Å². The molecule has 0 aromatic heterocycles. The lowest BCUT2D eigenvalue weighted by Gasteiger charge is -2.02. The van der Waals surface area contributed by atoms with E-state index in [9.17, 15) is 10.1 Å². The summed E-state index contributed by atoms with van der Waals surface area (Å²) in [6.07, 6.45) is 6.76. The molecule has 0 aliphatic heterocycles. The summed E-state index contributed by atoms with van der Waals surface area (Å²) in [4.78, 5) is 10.5. The SMILES string of the molecule is CCCCCCCc1ccccc1[N+](=O)[O-]. The zero-order chi connectivity index (χ0) is 11.8. The minimum absolute atomic E-state index is 0.262. The molecule has 0 aliphatic carbocycles. The van der Waals surface area contributed by atoms with Crippen molar-refractivity contribution in [2.75, 3.05) is 0 Å². The molecule has 0 aliphatic rings. The first-order chi connectivity index (χ1) is 7.75. The topological polar surface area (TPSA) is 43.1 Å². The van der Waals surface area contributed by atoms with Gasteiger partial charge in [0.25, 0.3) is 5.69 Å². The maximum Gasteiger partial charge on any atom is 0.272 e. The minimum atomic E-state index is -0.290. The quantitative estimate of drug-likeness (QED) is 0.395. The van der Waals surface area contributed by atoms with Crippen molar-refractivity contribution >= 4 is 5.69 Å². The van der Waals surface area contributed by atoms with Gasteiger partial charge in [0.2, 0.25) is 0 Å². The van der Waals surface area contributed by atoms with E-state index < -0.39 is 0 Å². The molecule has 0 heterocycles. The number of nitrogens with zero attached hydrogens (tertiary/aromatic N) is 1. The van der Waals surface area contributed by atoms with Crippen LogP contribution in [-0.4, -0.2) is 4.92 Å². The third-order valence-electron chi connectivity index (χ3n) is 2.74. The van der Waals surface area contributed by atoms with Gasteiger partial charge >= 0.3 is 0 Å². The second-order valence-corrected chi connectivity index (χ2v) is 4.05. The van der Waals surface area contributed by atoms with E-state index in [4.69, 9.17) is 0 Å². The van der Waals surface area contributed by atoms with Gasteiger partial charge in [-0.2, -0.15) is 0 Å². The number of rotatable bonds is 7. The van der Waals surface area contributed by atoms with Crippen LogP contribution in [0.25, 0.3) is 0 Å². The fraction of sp³-hybridized carbons (Fsp3) is 0.538. The predicted octanol–water partition coefficient (Wildman–Crippen LogP) is 4.11. The van der Waals surface area contributed by atoms with Crippen molar-refractivity contribution < 1.29 is 4.92 Å². The number of unbranched alkanes of at least 4 members (excludes halogenated alkanes) is 4. The average Bonchev–Trinajstić information content (AvgIpc) is 2.29. The van der Waals surface area contributed by atoms with Gasteiger partial charge in [0.05, 0.1) is 4.92 Å². The van der Waals surface area contributed by atoms with Gasteiger partial charge < -0.3 is 0 Å². The number of hydrogen-bond donors (Lipinski definition) is 0. The summed E-state index contributed by atoms with van der Waals surface area (Å²) in [7, 11) is 0. The van der Waals surface area contributed by atoms with E-state index in [1.165, 1.54) is 25.7 Å². The van der Waals surface area contributed by atoms with Gasteiger partial charge in [-0.05, 0) is 12.8 Å². The van der Waals surface area contributed by atoms with Gasteiger partial charge in [0.15, 0.2) is 0 Å². The van der Waals surface area contributed by atoms with Crippen molar-refractivity contribution in [2.45, 2.75) is 45.4 Å². The van der Waals surface area contributed by atoms with Crippen molar-refractivity contribution in [3.05, 3.63) is 39.9 Å². The van der Waals surface area contributed by atoms with Gasteiger partial charge in [0.1, 0.15) is 0 Å². The molecule has 88 valence electrons. The molecule has 0 atom stereocenters. The molecule has 0 radical (unpaired) electrons. The van der Waals surface area contributed by atoms with Crippen molar-refractivity contribution in [3.8, 4) is 0 Å². The second kappa shape index (κ2) is 6.99. The van der Waals surface area contributed by atoms with Crippen LogP contribution < -0.4 is 0 Å². The molecule has 0 N–H and O–H groups in total. The first kappa shape index (κ1) is 12.7. The molecule has 0 bridgehead atoms. The van der Waals surface area contributed by atoms with E-state index >= 15 is 0 Å². The van der Waals surface area contributed by atoms with Crippen molar-refractivity contribution in [1.82, 2.24) is 0 Å². The fourth-order valence-electron chi connectivity index (χ4n) is 1.82. The molecule has 0 spiro atoms. The van der Waals surface area contributed by atoms with Crippen molar-refractivity contribution in [2.24, 2.45) is 0 Å². The standard InChI is InChI=1S/C13H19NO2/c1-2-3-4-5-6-9-12-10-7-8-11-13(12)14(15)16/h7-8,10-11H,2-6,9H2,1H3. The lowest BCUT2D eigenvalue weighted by Crippen LogP contribution is -1.95. The molecule has 16 heavy (non-hydrogen) atoms. The second-order valence-electron chi connectivity index (χ2n) is 4.05. The highest BCUT2D eigenvalue weighted by molar-refractivity contribution is 5.39. The molecule has 1 aromatic rings. The summed E-state index contributed by atoms with van der Waals surface area (Å²) in [6.45, 7) is 2.18. The van der Waals surface area contributed by atoms with Gasteiger partial charge in [-0.3, -0.25) is 10.1 Å². The van der Waals surface area contributed by atoms with Crippen LogP contribution in [0.15, 0.2) is 24.3 Å². The van der Waals surface area contributed by atoms with E-state index in [0.717, 1.165) is 18.4 Å². The van der Waals surface area contributed by atoms with E-state index in [-0.39, 0.29) is 10.6 Å². The summed E-state index contributed by atoms with van der Waals surface area (Å²) in [5.41, 5.74) is 1.13. The third kappa shape index (κ3) is 4.01. The van der Waals surface area contributed by atoms with E-state index in [1.54, 1.807) is 12.1 Å². The van der Waals surface area contributed by atoms with E-state index in [1.807, 2.05) is 12.1 Å². The Kier molecular flexibility index (Phi) is 5.54. The first-order valence-electron chi connectivity index (χ1n) is 5.98. The predicted molar refractivity (Wildman–Crippen MR) is 65.6 cm³/mol. The van der Waals surface area contributed by atoms with Gasteiger partial charge in [-0.25, -0.2) is 0 Å². The van der Waals surface area contributed by atoms with Crippen LogP contribution in [0, 0.1) is 10.1 Å². The average molecular weight is 221 g/mol. The number of benzene rings is 1. The van der Waals surface area contributed by atoms with Crippen molar-refractivity contribution in [1.29, 1.82) is 0 Å². The Morgan fingerprint density at radius 1 is 1.12 bits per heavy atom. The van der Waals surface area contributed by atoms with Gasteiger partial charge in [0, 0.05) is 11.6 Å². The maximum atomic E-state index is 10.8. The summed E-state index contributed by atoms with van der Waals surface area (Å²) >= 11 is 0. The normalized spacial score (nSPS) is 10.3. The van der Waals surface area contributed by atoms with Crippen LogP contribution in [0.2, 0.25) is 0 Å². The molecule has 0 unspecified atom stereocenters. The van der Waals surface area contributed by atoms with E-state index in [2.05, 4.69) is 6.92 Å². The van der Waals surface area contributed by atoms with E-state index in [0.29, 0.717) is 0 Å². The Morgan fingerprint density at radius 2 is 1.81 bits per heavy atom. The summed E-state index contributed by atoms with van der Waals surface area (Å²) in [5, 5.41) is 10.8. The van der Waals surface area contributed by atoms with Crippen LogP contribution in [-0.2, 0) is 6.42 Å². The Bertz CT molecular complexity index is 336. The summed E-state index contributed by atoms with van der Waals surface area (Å²) in [6, 6.07) is 7.03. The zero-order valence-corrected chi connectivity index (χ0v) is 9.82. The van der Waals surface area contributed by atoms with Crippen LogP contribution in [0.5, 0.6) is 0 Å². The number of nitro benzene ring substituents is 1. The molecule has 0 saturated heterocycles. The van der Waals surface area contributed by atoms with Crippen LogP contribution in [0.3, 0.4) is 0 Å². The molecular weight excluding hydrogens is 202 g/mol. The Labute approximate surface area is 96.6 Å². The highest BCUT2D eigenvalue weighted by Gasteiger charge is 2.10. The molecule has 0 saturated carbocycles. The Hall–Kier alpha value is -1.38. The molecular formula is C13H19NO2. The van der Waals surface area contributed by atoms with Crippen LogP contribution in [0.4, 0.5) is 5.69 Å². The van der Waals surface area contributed by atoms with Crippen LogP contribution in [0.1, 0.15) is 44.6 Å². The Morgan fingerprint density at radius 3 is 2.50 bits per heavy atom. The van der Waals surface area contributed by atoms with Crippen LogP contribution >= 0.6 is 0 Å². The number of para-hydroxylation sites is 1. The maximum absolute atomic E-state index is 10.8. The summed E-state index contributed by atoms with van der Waals surface area (Å²) in [5.74, 6) is 0. The molecule has 3 nitrogen and oxygen atoms in total. The smallest absolute Gasteiger partial charge is 0.258 e. The summed E-state index contributed by atoms with van der Waals surface area (Å²) < 4.78 is 0. The monoisotopic (exact) mass is 221 g/mol. The Balaban J connectivity index is 2.44. The molecule has 1 aromatic carbocycles. The molecule has 1 rings (SSSR count). The molecule has 0 fully saturated rings. The lowest BCUT2D eigenvalue weighted by atomic mass is 10.0.